The molecule has 0 bridgehead atoms. The van der Waals surface area contributed by atoms with Gasteiger partial charge in [0.15, 0.2) is 11.5 Å². The van der Waals surface area contributed by atoms with Gasteiger partial charge in [0.05, 0.1) is 17.1 Å². The smallest absolute Gasteiger partial charge is 0.228 e. The third-order valence-electron chi connectivity index (χ3n) is 4.34. The van der Waals surface area contributed by atoms with E-state index in [0.717, 1.165) is 0 Å². The Morgan fingerprint density at radius 2 is 2.11 bits per heavy atom. The van der Waals surface area contributed by atoms with E-state index in [1.165, 1.54) is 6.07 Å². The largest absolute Gasteiger partial charge is 0.486 e. The van der Waals surface area contributed by atoms with Crippen LogP contribution in [0.15, 0.2) is 42.7 Å². The van der Waals surface area contributed by atoms with Crippen molar-refractivity contribution >= 4 is 23.2 Å². The zero-order valence-corrected chi connectivity index (χ0v) is 15.8. The second kappa shape index (κ2) is 7.52. The van der Waals surface area contributed by atoms with E-state index in [-0.39, 0.29) is 12.3 Å². The van der Waals surface area contributed by atoms with Crippen LogP contribution in [0.4, 0.5) is 10.1 Å². The molecule has 1 N–H and O–H groups in total. The first-order valence-electron chi connectivity index (χ1n) is 8.69. The Morgan fingerprint density at radius 3 is 2.86 bits per heavy atom. The summed E-state index contributed by atoms with van der Waals surface area (Å²) in [6.07, 6.45) is 3.35. The predicted molar refractivity (Wildman–Crippen MR) is 103 cm³/mol. The van der Waals surface area contributed by atoms with Gasteiger partial charge in [-0.05, 0) is 42.8 Å². The summed E-state index contributed by atoms with van der Waals surface area (Å²) in [6.45, 7) is 2.65. The molecule has 2 aromatic carbocycles. The number of anilines is 1. The van der Waals surface area contributed by atoms with Gasteiger partial charge in [-0.2, -0.15) is 0 Å². The molecule has 0 fully saturated rings. The molecule has 0 radical (unpaired) electrons. The minimum atomic E-state index is -0.457. The summed E-state index contributed by atoms with van der Waals surface area (Å²) in [6, 6.07) is 7.92. The number of benzene rings is 2. The molecule has 144 valence electrons. The summed E-state index contributed by atoms with van der Waals surface area (Å²) < 4.78 is 27.1. The Kier molecular flexibility index (Phi) is 4.92. The lowest BCUT2D eigenvalue weighted by Crippen LogP contribution is -2.17. The molecule has 0 saturated carbocycles. The zero-order valence-electron chi connectivity index (χ0n) is 15.0. The maximum atomic E-state index is 14.5. The number of nitrogens with one attached hydrogen (secondary N) is 1. The van der Waals surface area contributed by atoms with E-state index < -0.39 is 5.82 Å². The van der Waals surface area contributed by atoms with Crippen LogP contribution in [0.25, 0.3) is 5.69 Å². The first kappa shape index (κ1) is 18.3. The molecule has 1 amide bonds. The van der Waals surface area contributed by atoms with E-state index in [9.17, 15) is 9.18 Å². The molecule has 1 aliphatic rings. The Balaban J connectivity index is 1.48. The topological polar surface area (TPSA) is 65.4 Å². The van der Waals surface area contributed by atoms with Gasteiger partial charge >= 0.3 is 0 Å². The van der Waals surface area contributed by atoms with Gasteiger partial charge in [0, 0.05) is 18.1 Å². The second-order valence-electron chi connectivity index (χ2n) is 6.34. The Morgan fingerprint density at radius 1 is 1.29 bits per heavy atom. The summed E-state index contributed by atoms with van der Waals surface area (Å²) in [5.41, 5.74) is 1.41. The fraction of sp³-hybridized carbons (Fsp3) is 0.200. The van der Waals surface area contributed by atoms with Gasteiger partial charge in [-0.25, -0.2) is 9.37 Å². The Bertz CT molecular complexity index is 1050. The van der Waals surface area contributed by atoms with E-state index in [1.54, 1.807) is 48.1 Å². The van der Waals surface area contributed by atoms with Crippen LogP contribution in [0.1, 0.15) is 11.4 Å². The number of carbonyl (C=O) groups excluding carboxylic acids is 1. The predicted octanol–water partition coefficient (Wildman–Crippen LogP) is 3.93. The number of imidazole rings is 1. The van der Waals surface area contributed by atoms with Crippen LogP contribution in [0.5, 0.6) is 11.5 Å². The van der Waals surface area contributed by atoms with Crippen LogP contribution in [0.3, 0.4) is 0 Å². The number of hydrogen-bond donors (Lipinski definition) is 1. The lowest BCUT2D eigenvalue weighted by molar-refractivity contribution is -0.115. The highest BCUT2D eigenvalue weighted by atomic mass is 35.5. The number of nitrogens with zero attached hydrogens (tertiary/aromatic N) is 2. The summed E-state index contributed by atoms with van der Waals surface area (Å²) in [5, 5.41) is 3.09. The maximum absolute atomic E-state index is 14.5. The molecular formula is C20H17ClFN3O3. The Labute approximate surface area is 165 Å². The molecular weight excluding hydrogens is 385 g/mol. The van der Waals surface area contributed by atoms with Crippen molar-refractivity contribution in [3.8, 4) is 17.2 Å². The first-order valence-corrected chi connectivity index (χ1v) is 9.07. The number of ether oxygens (including phenoxy) is 2. The zero-order chi connectivity index (χ0) is 19.7. The third-order valence-corrected chi connectivity index (χ3v) is 4.62. The molecule has 0 aliphatic carbocycles. The van der Waals surface area contributed by atoms with Gasteiger partial charge in [-0.15, -0.1) is 0 Å². The summed E-state index contributed by atoms with van der Waals surface area (Å²) in [7, 11) is 0. The van der Waals surface area contributed by atoms with E-state index in [4.69, 9.17) is 21.1 Å². The van der Waals surface area contributed by atoms with Crippen molar-refractivity contribution in [2.45, 2.75) is 13.3 Å². The van der Waals surface area contributed by atoms with E-state index in [1.807, 2.05) is 0 Å². The molecule has 0 saturated heterocycles. The normalized spacial score (nSPS) is 12.7. The van der Waals surface area contributed by atoms with Crippen molar-refractivity contribution in [1.29, 1.82) is 0 Å². The number of amides is 1. The number of carbonyl (C=O) groups is 1. The van der Waals surface area contributed by atoms with E-state index in [2.05, 4.69) is 10.3 Å². The molecule has 1 aliphatic heterocycles. The molecule has 6 nitrogen and oxygen atoms in total. The van der Waals surface area contributed by atoms with E-state index >= 15 is 0 Å². The van der Waals surface area contributed by atoms with Gasteiger partial charge in [0.1, 0.15) is 24.9 Å². The van der Waals surface area contributed by atoms with Crippen molar-refractivity contribution in [3.05, 3.63) is 65.0 Å². The highest BCUT2D eigenvalue weighted by Gasteiger charge is 2.18. The van der Waals surface area contributed by atoms with Crippen molar-refractivity contribution in [2.24, 2.45) is 0 Å². The van der Waals surface area contributed by atoms with Crippen LogP contribution >= 0.6 is 11.6 Å². The first-order chi connectivity index (χ1) is 13.5. The number of rotatable bonds is 4. The van der Waals surface area contributed by atoms with Crippen molar-refractivity contribution in [2.75, 3.05) is 18.5 Å². The minimum Gasteiger partial charge on any atom is -0.486 e. The lowest BCUT2D eigenvalue weighted by Gasteiger charge is -2.20. The van der Waals surface area contributed by atoms with Crippen LogP contribution in [-0.4, -0.2) is 28.7 Å². The molecule has 2 heterocycles. The molecule has 0 spiro atoms. The number of aromatic nitrogens is 2. The molecule has 8 heteroatoms. The van der Waals surface area contributed by atoms with Crippen LogP contribution in [-0.2, 0) is 11.2 Å². The second-order valence-corrected chi connectivity index (χ2v) is 6.74. The molecule has 4 rings (SSSR count). The maximum Gasteiger partial charge on any atom is 0.228 e. The quantitative estimate of drug-likeness (QED) is 0.719. The highest BCUT2D eigenvalue weighted by Crippen LogP contribution is 2.38. The monoisotopic (exact) mass is 401 g/mol. The number of hydrogen-bond acceptors (Lipinski definition) is 4. The van der Waals surface area contributed by atoms with Gasteiger partial charge in [-0.3, -0.25) is 4.79 Å². The minimum absolute atomic E-state index is 0.0698. The van der Waals surface area contributed by atoms with Crippen LogP contribution < -0.4 is 14.8 Å². The average molecular weight is 402 g/mol. The van der Waals surface area contributed by atoms with Crippen molar-refractivity contribution in [1.82, 2.24) is 9.55 Å². The average Bonchev–Trinajstić information content (AvgIpc) is 3.07. The van der Waals surface area contributed by atoms with Gasteiger partial charge in [0.2, 0.25) is 5.91 Å². The van der Waals surface area contributed by atoms with Gasteiger partial charge < -0.3 is 19.4 Å². The van der Waals surface area contributed by atoms with Gasteiger partial charge in [0.25, 0.3) is 0 Å². The standard InChI is InChI=1S/C20H17ClFN3O3/c1-12-23-4-5-25(12)17-3-2-14(11-16(17)22)24-19(26)10-13-8-15(21)20-18(9-13)27-6-7-28-20/h2-5,8-9,11H,6-7,10H2,1H3,(H,24,26). The Hall–Kier alpha value is -3.06. The SMILES string of the molecule is Cc1nccn1-c1ccc(NC(=O)Cc2cc(Cl)c3c(c2)OCCO3)cc1F. The van der Waals surface area contributed by atoms with E-state index in [0.29, 0.717) is 52.5 Å². The summed E-state index contributed by atoms with van der Waals surface area (Å²) >= 11 is 6.20. The number of aryl methyl sites for hydroxylation is 1. The number of fused-ring (bicyclic) bond motifs is 1. The van der Waals surface area contributed by atoms with Crippen molar-refractivity contribution in [3.63, 3.8) is 0 Å². The highest BCUT2D eigenvalue weighted by molar-refractivity contribution is 6.32. The molecule has 1 aromatic heterocycles. The van der Waals surface area contributed by atoms with Gasteiger partial charge in [-0.1, -0.05) is 11.6 Å². The fourth-order valence-corrected chi connectivity index (χ4v) is 3.36. The summed E-state index contributed by atoms with van der Waals surface area (Å²) in [4.78, 5) is 16.5. The van der Waals surface area contributed by atoms with Crippen LogP contribution in [0.2, 0.25) is 5.02 Å². The lowest BCUT2D eigenvalue weighted by atomic mass is 10.1. The van der Waals surface area contributed by atoms with Crippen molar-refractivity contribution < 1.29 is 18.7 Å². The third kappa shape index (κ3) is 3.66. The number of halogens is 2. The molecule has 0 unspecified atom stereocenters. The summed E-state index contributed by atoms with van der Waals surface area (Å²) in [5.74, 6) is 0.934. The molecule has 0 atom stereocenters. The molecule has 3 aromatic rings. The fourth-order valence-electron chi connectivity index (χ4n) is 3.07. The van der Waals surface area contributed by atoms with Crippen LogP contribution in [0, 0.1) is 12.7 Å². The molecule has 28 heavy (non-hydrogen) atoms.